The van der Waals surface area contributed by atoms with Crippen LogP contribution in [0, 0.1) is 11.8 Å². The van der Waals surface area contributed by atoms with Crippen LogP contribution < -0.4 is 16.4 Å². The van der Waals surface area contributed by atoms with E-state index in [0.29, 0.717) is 98.4 Å². The van der Waals surface area contributed by atoms with Crippen LogP contribution >= 0.6 is 0 Å². The second-order valence-electron chi connectivity index (χ2n) is 16.2. The maximum atomic E-state index is 13.9. The minimum absolute atomic E-state index is 0.0320. The Morgan fingerprint density at radius 1 is 0.766 bits per heavy atom. The largest absolute Gasteiger partial charge is 0.480 e. The Labute approximate surface area is 379 Å². The normalized spacial score (nSPS) is 16.4. The highest BCUT2D eigenvalue weighted by atomic mass is 16.6. The lowest BCUT2D eigenvalue weighted by atomic mass is 9.90. The summed E-state index contributed by atoms with van der Waals surface area (Å²) in [6, 6.07) is -0.970. The van der Waals surface area contributed by atoms with Crippen molar-refractivity contribution in [3.8, 4) is 0 Å². The van der Waals surface area contributed by atoms with Crippen molar-refractivity contribution in [1.82, 2.24) is 25.3 Å². The summed E-state index contributed by atoms with van der Waals surface area (Å²) in [6.45, 7) is 13.6. The van der Waals surface area contributed by atoms with Crippen molar-refractivity contribution in [3.05, 3.63) is 0 Å². The molecule has 0 unspecified atom stereocenters. The van der Waals surface area contributed by atoms with Crippen LogP contribution in [0.15, 0.2) is 0 Å². The Hall–Kier alpha value is -3.54. The number of ether oxygens (including phenoxy) is 8. The van der Waals surface area contributed by atoms with Crippen LogP contribution in [-0.4, -0.2) is 219 Å². The van der Waals surface area contributed by atoms with Gasteiger partial charge in [-0.2, -0.15) is 0 Å². The number of hydrogen-bond acceptors (Lipinski definition) is 15. The van der Waals surface area contributed by atoms with Gasteiger partial charge in [-0.15, -0.1) is 0 Å². The van der Waals surface area contributed by atoms with E-state index in [0.717, 1.165) is 0 Å². The number of rotatable bonds is 37. The average molecular weight is 921 g/mol. The maximum absolute atomic E-state index is 13.9. The first-order chi connectivity index (χ1) is 30.5. The predicted octanol–water partition coefficient (Wildman–Crippen LogP) is -0.0909. The van der Waals surface area contributed by atoms with Gasteiger partial charge in [0.25, 0.3) is 0 Å². The third kappa shape index (κ3) is 21.2. The van der Waals surface area contributed by atoms with Gasteiger partial charge < -0.3 is 74.1 Å². The fourth-order valence-corrected chi connectivity index (χ4v) is 7.22. The van der Waals surface area contributed by atoms with Crippen molar-refractivity contribution >= 4 is 35.5 Å². The number of carbonyl (C=O) groups excluding carboxylic acids is 5. The van der Waals surface area contributed by atoms with Crippen LogP contribution in [0.3, 0.4) is 0 Å². The Balaban J connectivity index is 2.57. The van der Waals surface area contributed by atoms with Gasteiger partial charge in [0.15, 0.2) is 0 Å². The van der Waals surface area contributed by atoms with E-state index in [9.17, 15) is 28.8 Å². The van der Waals surface area contributed by atoms with E-state index in [4.69, 9.17) is 48.7 Å². The molecule has 6 atom stereocenters. The van der Waals surface area contributed by atoms with Crippen molar-refractivity contribution in [2.24, 2.45) is 17.6 Å². The van der Waals surface area contributed by atoms with Crippen molar-refractivity contribution in [3.63, 3.8) is 0 Å². The zero-order valence-electron chi connectivity index (χ0n) is 39.9. The first-order valence-corrected chi connectivity index (χ1v) is 22.3. The summed E-state index contributed by atoms with van der Waals surface area (Å²) >= 11 is 0. The quantitative estimate of drug-likeness (QED) is 0.0594. The topological polar surface area (TPSA) is 256 Å². The molecule has 0 saturated carbocycles. The van der Waals surface area contributed by atoms with Crippen molar-refractivity contribution in [2.75, 3.05) is 134 Å². The Morgan fingerprint density at radius 2 is 1.28 bits per heavy atom. The van der Waals surface area contributed by atoms with Gasteiger partial charge in [0.2, 0.25) is 29.5 Å². The number of nitrogens with one attached hydrogen (secondary N) is 2. The average Bonchev–Trinajstić information content (AvgIpc) is 3.77. The van der Waals surface area contributed by atoms with Gasteiger partial charge in [0, 0.05) is 41.4 Å². The summed E-state index contributed by atoms with van der Waals surface area (Å²) in [5.41, 5.74) is 4.05. The number of carbonyl (C=O) groups is 6. The van der Waals surface area contributed by atoms with Gasteiger partial charge in [-0.1, -0.05) is 27.2 Å². The standard InChI is InChI=1S/C43H80N6O15/c1-10-31(2)39(34(57-8)28-36(51)49-15-11-12-33(49)40(58-9)32(3)41(55)45-30-38(53)54)47(6)37(52)29-46-42(56)43(4,5)48(7)35(50)13-16-59-18-20-61-22-24-63-26-27-64-25-23-62-21-19-60-17-14-44/h31-34,39-40H,10-30,44H2,1-9H3,(H,45,55)(H,46,56)(H,53,54)/t31-,32+,33-,34+,39-,40+/m0/s1. The first-order valence-electron chi connectivity index (χ1n) is 22.3. The number of aliphatic carboxylic acids is 1. The minimum Gasteiger partial charge on any atom is -0.480 e. The highest BCUT2D eigenvalue weighted by Crippen LogP contribution is 2.29. The zero-order valence-corrected chi connectivity index (χ0v) is 39.9. The number of amides is 5. The van der Waals surface area contributed by atoms with Gasteiger partial charge in [0.1, 0.15) is 12.1 Å². The predicted molar refractivity (Wildman–Crippen MR) is 235 cm³/mol. The number of likely N-dealkylation sites (tertiary alicyclic amines) is 1. The SMILES string of the molecule is CC[C@H](C)[C@@H]([C@@H](CC(=O)N1CCC[C@H]1[C@H](OC)[C@@H](C)C(=O)NCC(=O)O)OC)N(C)C(=O)CNC(=O)C(C)(C)N(C)C(=O)CCOCCOCCOCCOCCOCCOCCN. The van der Waals surface area contributed by atoms with E-state index >= 15 is 0 Å². The highest BCUT2D eigenvalue weighted by molar-refractivity contribution is 5.93. The molecule has 0 bridgehead atoms. The Bertz CT molecular complexity index is 1380. The van der Waals surface area contributed by atoms with Crippen LogP contribution in [-0.2, 0) is 66.7 Å². The maximum Gasteiger partial charge on any atom is 0.322 e. The van der Waals surface area contributed by atoms with E-state index in [2.05, 4.69) is 10.6 Å². The highest BCUT2D eigenvalue weighted by Gasteiger charge is 2.42. The van der Waals surface area contributed by atoms with E-state index in [1.165, 1.54) is 31.1 Å². The number of carboxylic acid groups (broad SMARTS) is 1. The number of nitrogens with two attached hydrogens (primary N) is 1. The molecule has 0 aromatic heterocycles. The second-order valence-corrected chi connectivity index (χ2v) is 16.2. The lowest BCUT2D eigenvalue weighted by molar-refractivity contribution is -0.147. The van der Waals surface area contributed by atoms with Crippen LogP contribution in [0.25, 0.3) is 0 Å². The van der Waals surface area contributed by atoms with Gasteiger partial charge in [-0.05, 0) is 32.6 Å². The van der Waals surface area contributed by atoms with Crippen LogP contribution in [0.2, 0.25) is 0 Å². The molecule has 1 fully saturated rings. The summed E-state index contributed by atoms with van der Waals surface area (Å²) < 4.78 is 44.2. The monoisotopic (exact) mass is 921 g/mol. The van der Waals surface area contributed by atoms with Gasteiger partial charge in [0.05, 0.1) is 129 Å². The first kappa shape index (κ1) is 58.5. The lowest BCUT2D eigenvalue weighted by Crippen LogP contribution is -2.58. The molecule has 372 valence electrons. The van der Waals surface area contributed by atoms with Crippen LogP contribution in [0.4, 0.5) is 0 Å². The second kappa shape index (κ2) is 33.0. The Kier molecular flexibility index (Phi) is 30.2. The summed E-state index contributed by atoms with van der Waals surface area (Å²) in [4.78, 5) is 82.2. The summed E-state index contributed by atoms with van der Waals surface area (Å²) in [6.07, 6.45) is 0.527. The van der Waals surface area contributed by atoms with Crippen molar-refractivity contribution in [1.29, 1.82) is 0 Å². The number of likely N-dealkylation sites (N-methyl/N-ethyl adjacent to an activating group) is 2. The fourth-order valence-electron chi connectivity index (χ4n) is 7.22. The molecular weight excluding hydrogens is 840 g/mol. The molecule has 0 aliphatic carbocycles. The summed E-state index contributed by atoms with van der Waals surface area (Å²) in [7, 11) is 6.07. The molecule has 0 radical (unpaired) electrons. The van der Waals surface area contributed by atoms with Gasteiger partial charge in [-0.25, -0.2) is 0 Å². The molecular formula is C43H80N6O15. The molecule has 1 rings (SSSR count). The minimum atomic E-state index is -1.30. The molecule has 1 heterocycles. The molecule has 0 aromatic rings. The van der Waals surface area contributed by atoms with E-state index in [1.54, 1.807) is 32.7 Å². The molecule has 1 aliphatic heterocycles. The molecule has 21 heteroatoms. The molecule has 21 nitrogen and oxygen atoms in total. The van der Waals surface area contributed by atoms with E-state index < -0.39 is 66.0 Å². The molecule has 64 heavy (non-hydrogen) atoms. The molecule has 0 aromatic carbocycles. The van der Waals surface area contributed by atoms with Crippen LogP contribution in [0.5, 0.6) is 0 Å². The Morgan fingerprint density at radius 3 is 1.75 bits per heavy atom. The van der Waals surface area contributed by atoms with Gasteiger partial charge >= 0.3 is 5.97 Å². The molecule has 5 N–H and O–H groups in total. The number of carboxylic acids is 1. The molecule has 1 saturated heterocycles. The smallest absolute Gasteiger partial charge is 0.322 e. The fraction of sp³-hybridized carbons (Fsp3) is 0.860. The van der Waals surface area contributed by atoms with E-state index in [-0.39, 0.29) is 50.3 Å². The molecule has 1 aliphatic rings. The third-order valence-electron chi connectivity index (χ3n) is 11.5. The van der Waals surface area contributed by atoms with Gasteiger partial charge in [-0.3, -0.25) is 28.8 Å². The molecule has 0 spiro atoms. The number of nitrogens with zero attached hydrogens (tertiary/aromatic N) is 3. The van der Waals surface area contributed by atoms with Crippen LogP contribution in [0.1, 0.15) is 66.7 Å². The number of methoxy groups -OCH3 is 2. The van der Waals surface area contributed by atoms with E-state index in [1.807, 2.05) is 13.8 Å². The zero-order chi connectivity index (χ0) is 48.1. The third-order valence-corrected chi connectivity index (χ3v) is 11.5. The lowest BCUT2D eigenvalue weighted by Gasteiger charge is -2.39. The summed E-state index contributed by atoms with van der Waals surface area (Å²) in [5.74, 6) is -3.98. The van der Waals surface area contributed by atoms with Crippen molar-refractivity contribution in [2.45, 2.75) is 96.6 Å². The number of hydrogen-bond donors (Lipinski definition) is 4. The molecule has 5 amide bonds. The van der Waals surface area contributed by atoms with Crippen molar-refractivity contribution < 1.29 is 71.8 Å². The summed E-state index contributed by atoms with van der Waals surface area (Å²) in [5, 5.41) is 14.1.